The quantitative estimate of drug-likeness (QED) is 0.859. The number of hydrogen-bond donors (Lipinski definition) is 1. The zero-order valence-electron chi connectivity index (χ0n) is 9.81. The minimum atomic E-state index is -0.523. The van der Waals surface area contributed by atoms with Gasteiger partial charge in [-0.1, -0.05) is 47.5 Å². The van der Waals surface area contributed by atoms with Gasteiger partial charge in [0.25, 0.3) is 5.91 Å². The molecule has 0 saturated carbocycles. The molecule has 0 unspecified atom stereocenters. The summed E-state index contributed by atoms with van der Waals surface area (Å²) in [6.07, 6.45) is 1.55. The Morgan fingerprint density at radius 3 is 2.58 bits per heavy atom. The Balaban J connectivity index is 2.38. The van der Waals surface area contributed by atoms with Crippen molar-refractivity contribution in [2.45, 2.75) is 0 Å². The fourth-order valence-corrected chi connectivity index (χ4v) is 1.91. The van der Waals surface area contributed by atoms with E-state index in [1.165, 1.54) is 0 Å². The number of hydrogen-bond acceptors (Lipinski definition) is 2. The van der Waals surface area contributed by atoms with Crippen LogP contribution >= 0.6 is 23.2 Å². The Bertz CT molecular complexity index is 654. The van der Waals surface area contributed by atoms with E-state index < -0.39 is 5.91 Å². The first-order chi connectivity index (χ1) is 9.09. The van der Waals surface area contributed by atoms with Crippen molar-refractivity contribution >= 4 is 41.0 Å². The van der Waals surface area contributed by atoms with Gasteiger partial charge in [-0.3, -0.25) is 9.79 Å². The lowest BCUT2D eigenvalue weighted by atomic mass is 10.1. The number of rotatable bonds is 3. The number of carbonyl (C=O) groups is 1. The van der Waals surface area contributed by atoms with Gasteiger partial charge in [-0.25, -0.2) is 0 Å². The number of para-hydroxylation sites is 1. The van der Waals surface area contributed by atoms with Crippen LogP contribution in [-0.4, -0.2) is 12.1 Å². The van der Waals surface area contributed by atoms with Crippen LogP contribution < -0.4 is 5.73 Å². The zero-order valence-corrected chi connectivity index (χ0v) is 11.3. The van der Waals surface area contributed by atoms with Gasteiger partial charge in [0.15, 0.2) is 0 Å². The molecule has 0 atom stereocenters. The molecular formula is C14H10Cl2N2O. The summed E-state index contributed by atoms with van der Waals surface area (Å²) in [7, 11) is 0. The van der Waals surface area contributed by atoms with E-state index in [9.17, 15) is 4.79 Å². The summed E-state index contributed by atoms with van der Waals surface area (Å²) < 4.78 is 0. The van der Waals surface area contributed by atoms with Crippen molar-refractivity contribution in [3.8, 4) is 0 Å². The summed E-state index contributed by atoms with van der Waals surface area (Å²) in [6, 6.07) is 12.1. The van der Waals surface area contributed by atoms with Crippen molar-refractivity contribution in [1.29, 1.82) is 0 Å². The van der Waals surface area contributed by atoms with Gasteiger partial charge >= 0.3 is 0 Å². The zero-order chi connectivity index (χ0) is 13.8. The number of benzene rings is 2. The molecule has 0 saturated heterocycles. The second-order valence-corrected chi connectivity index (χ2v) is 4.57. The Morgan fingerprint density at radius 1 is 1.11 bits per heavy atom. The molecule has 2 aromatic rings. The van der Waals surface area contributed by atoms with E-state index in [-0.39, 0.29) is 0 Å². The standard InChI is InChI=1S/C14H10Cl2N2O/c15-11-6-3-4-9(13(11)16)8-18-12-7-2-1-5-10(12)14(17)19/h1-8H,(H2,17,19)/b18-8+. The molecule has 0 fully saturated rings. The van der Waals surface area contributed by atoms with Gasteiger partial charge in [0.1, 0.15) is 0 Å². The highest BCUT2D eigenvalue weighted by molar-refractivity contribution is 6.43. The molecule has 0 radical (unpaired) electrons. The van der Waals surface area contributed by atoms with Crippen LogP contribution in [0.4, 0.5) is 5.69 Å². The second-order valence-electron chi connectivity index (χ2n) is 3.78. The number of nitrogens with zero attached hydrogens (tertiary/aromatic N) is 1. The Morgan fingerprint density at radius 2 is 1.84 bits per heavy atom. The third-order valence-corrected chi connectivity index (χ3v) is 3.33. The molecule has 0 aliphatic rings. The van der Waals surface area contributed by atoms with Crippen LogP contribution in [0.15, 0.2) is 47.5 Å². The van der Waals surface area contributed by atoms with Crippen LogP contribution in [0.1, 0.15) is 15.9 Å². The average molecular weight is 293 g/mol. The molecule has 96 valence electrons. The van der Waals surface area contributed by atoms with Crippen LogP contribution in [-0.2, 0) is 0 Å². The number of primary amides is 1. The van der Waals surface area contributed by atoms with Crippen molar-refractivity contribution < 1.29 is 4.79 Å². The number of nitrogens with two attached hydrogens (primary N) is 1. The smallest absolute Gasteiger partial charge is 0.250 e. The first-order valence-electron chi connectivity index (χ1n) is 5.46. The maximum Gasteiger partial charge on any atom is 0.250 e. The maximum absolute atomic E-state index is 11.3. The SMILES string of the molecule is NC(=O)c1ccccc1/N=C/c1cccc(Cl)c1Cl. The van der Waals surface area contributed by atoms with Crippen LogP contribution in [0.25, 0.3) is 0 Å². The summed E-state index contributed by atoms with van der Waals surface area (Å²) in [5.41, 5.74) is 6.80. The summed E-state index contributed by atoms with van der Waals surface area (Å²) in [5, 5.41) is 0.873. The lowest BCUT2D eigenvalue weighted by Crippen LogP contribution is -2.10. The monoisotopic (exact) mass is 292 g/mol. The fourth-order valence-electron chi connectivity index (χ4n) is 1.55. The summed E-state index contributed by atoms with van der Waals surface area (Å²) in [5.74, 6) is -0.523. The van der Waals surface area contributed by atoms with Crippen molar-refractivity contribution in [2.75, 3.05) is 0 Å². The van der Waals surface area contributed by atoms with Gasteiger partial charge in [0, 0.05) is 11.8 Å². The number of amides is 1. The Kier molecular flexibility index (Phi) is 4.20. The van der Waals surface area contributed by atoms with E-state index in [0.29, 0.717) is 26.9 Å². The third-order valence-electron chi connectivity index (χ3n) is 2.49. The molecule has 0 bridgehead atoms. The largest absolute Gasteiger partial charge is 0.366 e. The summed E-state index contributed by atoms with van der Waals surface area (Å²) in [4.78, 5) is 15.5. The van der Waals surface area contributed by atoms with Crippen molar-refractivity contribution in [1.82, 2.24) is 0 Å². The molecule has 0 aliphatic heterocycles. The third kappa shape index (κ3) is 3.13. The molecule has 0 spiro atoms. The van der Waals surface area contributed by atoms with E-state index >= 15 is 0 Å². The highest BCUT2D eigenvalue weighted by Gasteiger charge is 2.06. The summed E-state index contributed by atoms with van der Waals surface area (Å²) in [6.45, 7) is 0. The summed E-state index contributed by atoms with van der Waals surface area (Å²) >= 11 is 12.0. The minimum absolute atomic E-state index is 0.358. The number of aliphatic imine (C=N–C) groups is 1. The van der Waals surface area contributed by atoms with Gasteiger partial charge in [-0.2, -0.15) is 0 Å². The van der Waals surface area contributed by atoms with Crippen molar-refractivity contribution in [3.05, 3.63) is 63.6 Å². The van der Waals surface area contributed by atoms with Crippen LogP contribution in [0.3, 0.4) is 0 Å². The van der Waals surface area contributed by atoms with Crippen LogP contribution in [0, 0.1) is 0 Å². The van der Waals surface area contributed by atoms with E-state index in [4.69, 9.17) is 28.9 Å². The Hall–Kier alpha value is -1.84. The van der Waals surface area contributed by atoms with Crippen molar-refractivity contribution in [3.63, 3.8) is 0 Å². The van der Waals surface area contributed by atoms with Gasteiger partial charge in [0.2, 0.25) is 0 Å². The topological polar surface area (TPSA) is 55.5 Å². The van der Waals surface area contributed by atoms with E-state index in [0.717, 1.165) is 0 Å². The molecule has 0 aliphatic carbocycles. The number of halogens is 2. The lowest BCUT2D eigenvalue weighted by Gasteiger charge is -2.02. The second kappa shape index (κ2) is 5.87. The molecule has 2 rings (SSSR count). The van der Waals surface area contributed by atoms with Gasteiger partial charge < -0.3 is 5.73 Å². The van der Waals surface area contributed by atoms with E-state index in [1.54, 1.807) is 48.7 Å². The molecule has 19 heavy (non-hydrogen) atoms. The molecule has 3 nitrogen and oxygen atoms in total. The Labute approximate surface area is 120 Å². The van der Waals surface area contributed by atoms with E-state index in [1.807, 2.05) is 0 Å². The first kappa shape index (κ1) is 13.6. The van der Waals surface area contributed by atoms with Crippen LogP contribution in [0.5, 0.6) is 0 Å². The number of carbonyl (C=O) groups excluding carboxylic acids is 1. The molecule has 5 heteroatoms. The normalized spacial score (nSPS) is 10.8. The predicted octanol–water partition coefficient (Wildman–Crippen LogP) is 3.84. The van der Waals surface area contributed by atoms with Gasteiger partial charge in [-0.05, 0) is 18.2 Å². The molecule has 2 N–H and O–H groups in total. The van der Waals surface area contributed by atoms with Gasteiger partial charge in [0.05, 0.1) is 21.3 Å². The predicted molar refractivity (Wildman–Crippen MR) is 78.7 cm³/mol. The highest BCUT2D eigenvalue weighted by atomic mass is 35.5. The van der Waals surface area contributed by atoms with Crippen LogP contribution in [0.2, 0.25) is 10.0 Å². The highest BCUT2D eigenvalue weighted by Crippen LogP contribution is 2.25. The minimum Gasteiger partial charge on any atom is -0.366 e. The molecular weight excluding hydrogens is 283 g/mol. The fraction of sp³-hybridized carbons (Fsp3) is 0. The molecule has 0 aromatic heterocycles. The maximum atomic E-state index is 11.3. The molecule has 2 aromatic carbocycles. The van der Waals surface area contributed by atoms with E-state index in [2.05, 4.69) is 4.99 Å². The van der Waals surface area contributed by atoms with Crippen molar-refractivity contribution in [2.24, 2.45) is 10.7 Å². The first-order valence-corrected chi connectivity index (χ1v) is 6.22. The average Bonchev–Trinajstić information content (AvgIpc) is 2.40. The molecule has 0 heterocycles. The molecule has 1 amide bonds. The van der Waals surface area contributed by atoms with Gasteiger partial charge in [-0.15, -0.1) is 0 Å². The lowest BCUT2D eigenvalue weighted by molar-refractivity contribution is 0.100.